The highest BCUT2D eigenvalue weighted by Gasteiger charge is 2.14. The van der Waals surface area contributed by atoms with E-state index in [1.807, 2.05) is 30.3 Å². The fourth-order valence-electron chi connectivity index (χ4n) is 1.92. The van der Waals surface area contributed by atoms with Crippen LogP contribution >= 0.6 is 34.2 Å². The number of halogens is 3. The maximum atomic E-state index is 13.4. The topological polar surface area (TPSA) is 38.0 Å². The molecular formula is C14H13ClFIN2. The van der Waals surface area contributed by atoms with Crippen molar-refractivity contribution in [3.05, 3.63) is 68.0 Å². The highest BCUT2D eigenvalue weighted by molar-refractivity contribution is 14.1. The lowest BCUT2D eigenvalue weighted by atomic mass is 9.99. The Morgan fingerprint density at radius 1 is 1.26 bits per heavy atom. The van der Waals surface area contributed by atoms with Crippen LogP contribution in [0.3, 0.4) is 0 Å². The first-order valence-electron chi connectivity index (χ1n) is 5.76. The third kappa shape index (κ3) is 3.66. The van der Waals surface area contributed by atoms with Crippen molar-refractivity contribution in [3.63, 3.8) is 0 Å². The van der Waals surface area contributed by atoms with E-state index < -0.39 is 5.82 Å². The molecule has 0 fully saturated rings. The van der Waals surface area contributed by atoms with E-state index in [2.05, 4.69) is 28.0 Å². The highest BCUT2D eigenvalue weighted by Crippen LogP contribution is 2.25. The van der Waals surface area contributed by atoms with E-state index in [0.717, 1.165) is 14.7 Å². The first-order chi connectivity index (χ1) is 9.11. The van der Waals surface area contributed by atoms with Gasteiger partial charge in [-0.05, 0) is 58.3 Å². The van der Waals surface area contributed by atoms with Gasteiger partial charge in [0.05, 0.1) is 11.1 Å². The minimum Gasteiger partial charge on any atom is -0.271 e. The first kappa shape index (κ1) is 14.7. The molecule has 0 aliphatic rings. The van der Waals surface area contributed by atoms with Crippen molar-refractivity contribution in [2.24, 2.45) is 5.84 Å². The van der Waals surface area contributed by atoms with Crippen LogP contribution in [0.25, 0.3) is 0 Å². The minimum absolute atomic E-state index is 0.103. The minimum atomic E-state index is -0.405. The van der Waals surface area contributed by atoms with Crippen LogP contribution in [0.5, 0.6) is 0 Å². The molecule has 0 saturated heterocycles. The molecule has 0 radical (unpaired) electrons. The van der Waals surface area contributed by atoms with E-state index in [-0.39, 0.29) is 11.1 Å². The Hall–Kier alpha value is -0.690. The molecule has 0 heterocycles. The van der Waals surface area contributed by atoms with Gasteiger partial charge in [-0.1, -0.05) is 35.9 Å². The van der Waals surface area contributed by atoms with Crippen LogP contribution in [0.1, 0.15) is 17.2 Å². The summed E-state index contributed by atoms with van der Waals surface area (Å²) in [4.78, 5) is 0. The summed E-state index contributed by atoms with van der Waals surface area (Å²) in [5, 5.41) is 0.161. The van der Waals surface area contributed by atoms with Gasteiger partial charge in [-0.2, -0.15) is 0 Å². The summed E-state index contributed by atoms with van der Waals surface area (Å²) in [7, 11) is 0. The third-order valence-corrected chi connectivity index (χ3v) is 4.00. The Morgan fingerprint density at radius 2 is 2.00 bits per heavy atom. The van der Waals surface area contributed by atoms with Gasteiger partial charge in [-0.3, -0.25) is 11.3 Å². The van der Waals surface area contributed by atoms with Gasteiger partial charge >= 0.3 is 0 Å². The van der Waals surface area contributed by atoms with Crippen molar-refractivity contribution in [3.8, 4) is 0 Å². The van der Waals surface area contributed by atoms with Crippen molar-refractivity contribution in [1.29, 1.82) is 0 Å². The van der Waals surface area contributed by atoms with Gasteiger partial charge in [0.15, 0.2) is 0 Å². The van der Waals surface area contributed by atoms with Gasteiger partial charge in [0.1, 0.15) is 5.82 Å². The number of rotatable bonds is 4. The van der Waals surface area contributed by atoms with Gasteiger partial charge in [-0.25, -0.2) is 4.39 Å². The fraction of sp³-hybridized carbons (Fsp3) is 0.143. The second-order valence-electron chi connectivity index (χ2n) is 4.19. The SMILES string of the molecule is NNC(Cc1cccc(F)c1Cl)c1cccc(I)c1. The number of hydrogen-bond acceptors (Lipinski definition) is 2. The van der Waals surface area contributed by atoms with E-state index in [4.69, 9.17) is 17.4 Å². The number of nitrogens with two attached hydrogens (primary N) is 1. The quantitative estimate of drug-likeness (QED) is 0.473. The van der Waals surface area contributed by atoms with Gasteiger partial charge in [0.2, 0.25) is 0 Å². The van der Waals surface area contributed by atoms with Crippen LogP contribution in [0.2, 0.25) is 5.02 Å². The summed E-state index contributed by atoms with van der Waals surface area (Å²) in [6.07, 6.45) is 0.535. The van der Waals surface area contributed by atoms with Crippen LogP contribution in [-0.2, 0) is 6.42 Å². The molecule has 5 heteroatoms. The Morgan fingerprint density at radius 3 is 2.68 bits per heavy atom. The molecule has 3 N–H and O–H groups in total. The van der Waals surface area contributed by atoms with Crippen LogP contribution in [0.4, 0.5) is 4.39 Å². The number of nitrogens with one attached hydrogen (secondary N) is 1. The maximum Gasteiger partial charge on any atom is 0.142 e. The number of hydrogen-bond donors (Lipinski definition) is 2. The van der Waals surface area contributed by atoms with Crippen molar-refractivity contribution in [1.82, 2.24) is 5.43 Å². The van der Waals surface area contributed by atoms with Crippen molar-refractivity contribution >= 4 is 34.2 Å². The molecule has 0 aromatic heterocycles. The fourth-order valence-corrected chi connectivity index (χ4v) is 2.69. The molecule has 2 aromatic rings. The van der Waals surface area contributed by atoms with Crippen LogP contribution in [0, 0.1) is 9.39 Å². The van der Waals surface area contributed by atoms with E-state index in [1.165, 1.54) is 6.07 Å². The molecular weight excluding hydrogens is 378 g/mol. The van der Waals surface area contributed by atoms with E-state index in [1.54, 1.807) is 6.07 Å². The predicted octanol–water partition coefficient (Wildman–Crippen LogP) is 3.83. The molecule has 0 saturated carbocycles. The van der Waals surface area contributed by atoms with Gasteiger partial charge in [-0.15, -0.1) is 0 Å². The Kier molecular flexibility index (Phi) is 5.15. The Balaban J connectivity index is 2.26. The van der Waals surface area contributed by atoms with E-state index >= 15 is 0 Å². The van der Waals surface area contributed by atoms with Crippen molar-refractivity contribution < 1.29 is 4.39 Å². The summed E-state index contributed by atoms with van der Waals surface area (Å²) < 4.78 is 14.5. The maximum absolute atomic E-state index is 13.4. The van der Waals surface area contributed by atoms with E-state index in [9.17, 15) is 4.39 Å². The molecule has 2 nitrogen and oxygen atoms in total. The molecule has 0 spiro atoms. The third-order valence-electron chi connectivity index (χ3n) is 2.91. The zero-order chi connectivity index (χ0) is 13.8. The normalized spacial score (nSPS) is 12.4. The second-order valence-corrected chi connectivity index (χ2v) is 5.81. The smallest absolute Gasteiger partial charge is 0.142 e. The summed E-state index contributed by atoms with van der Waals surface area (Å²) in [6, 6.07) is 12.7. The highest BCUT2D eigenvalue weighted by atomic mass is 127. The van der Waals surface area contributed by atoms with E-state index in [0.29, 0.717) is 6.42 Å². The zero-order valence-corrected chi connectivity index (χ0v) is 13.0. The molecule has 1 unspecified atom stereocenters. The molecule has 0 aliphatic carbocycles. The van der Waals surface area contributed by atoms with Crippen LogP contribution in [-0.4, -0.2) is 0 Å². The lowest BCUT2D eigenvalue weighted by Gasteiger charge is -2.17. The molecule has 0 aliphatic heterocycles. The molecule has 2 aromatic carbocycles. The van der Waals surface area contributed by atoms with Crippen molar-refractivity contribution in [2.75, 3.05) is 0 Å². The molecule has 2 rings (SSSR count). The Bertz CT molecular complexity index is 577. The molecule has 100 valence electrons. The largest absolute Gasteiger partial charge is 0.271 e. The summed E-state index contributed by atoms with van der Waals surface area (Å²) in [5.74, 6) is 5.20. The van der Waals surface area contributed by atoms with Gasteiger partial charge in [0.25, 0.3) is 0 Å². The average molecular weight is 391 g/mol. The standard InChI is InChI=1S/C14H13ClFIN2/c15-14-10(4-2-6-12(14)16)8-13(19-18)9-3-1-5-11(17)7-9/h1-7,13,19H,8,18H2. The Labute approximate surface area is 130 Å². The van der Waals surface area contributed by atoms with Crippen LogP contribution < -0.4 is 11.3 Å². The first-order valence-corrected chi connectivity index (χ1v) is 7.22. The summed E-state index contributed by atoms with van der Waals surface area (Å²) in [5.41, 5.74) is 4.55. The van der Waals surface area contributed by atoms with Crippen LogP contribution in [0.15, 0.2) is 42.5 Å². The molecule has 19 heavy (non-hydrogen) atoms. The molecule has 0 amide bonds. The second kappa shape index (κ2) is 6.65. The molecule has 0 bridgehead atoms. The lowest BCUT2D eigenvalue weighted by Crippen LogP contribution is -2.29. The number of benzene rings is 2. The van der Waals surface area contributed by atoms with Gasteiger partial charge in [0, 0.05) is 3.57 Å². The monoisotopic (exact) mass is 390 g/mol. The molecule has 1 atom stereocenters. The summed E-state index contributed by atoms with van der Waals surface area (Å²) >= 11 is 8.21. The average Bonchev–Trinajstić information content (AvgIpc) is 2.40. The lowest BCUT2D eigenvalue weighted by molar-refractivity contribution is 0.548. The van der Waals surface area contributed by atoms with Crippen molar-refractivity contribution in [2.45, 2.75) is 12.5 Å². The van der Waals surface area contributed by atoms with Gasteiger partial charge < -0.3 is 0 Å². The zero-order valence-electron chi connectivity index (χ0n) is 10.0. The number of hydrazine groups is 1. The predicted molar refractivity (Wildman–Crippen MR) is 84.3 cm³/mol. The summed E-state index contributed by atoms with van der Waals surface area (Å²) in [6.45, 7) is 0.